The first-order valence-corrected chi connectivity index (χ1v) is 5.06. The van der Waals surface area contributed by atoms with Crippen molar-refractivity contribution in [2.75, 3.05) is 5.33 Å². The van der Waals surface area contributed by atoms with Crippen LogP contribution in [0.5, 0.6) is 0 Å². The van der Waals surface area contributed by atoms with Gasteiger partial charge in [-0.25, -0.2) is 0 Å². The SMILES string of the molecule is C=CC(C=C)(CCBr)O[SiH3]. The summed E-state index contributed by atoms with van der Waals surface area (Å²) in [5, 5.41) is 0.910. The molecule has 1 nitrogen and oxygen atoms in total. The maximum Gasteiger partial charge on any atom is 0.147 e. The van der Waals surface area contributed by atoms with Crippen LogP contribution in [0.2, 0.25) is 0 Å². The molecule has 0 radical (unpaired) electrons. The maximum atomic E-state index is 5.35. The third kappa shape index (κ3) is 2.40. The third-order valence-electron chi connectivity index (χ3n) is 1.56. The quantitative estimate of drug-likeness (QED) is 0.385. The van der Waals surface area contributed by atoms with Crippen LogP contribution in [-0.2, 0) is 4.43 Å². The van der Waals surface area contributed by atoms with Crippen LogP contribution >= 0.6 is 15.9 Å². The van der Waals surface area contributed by atoms with Gasteiger partial charge in [0.05, 0.1) is 5.60 Å². The van der Waals surface area contributed by atoms with Crippen LogP contribution in [0.4, 0.5) is 0 Å². The van der Waals surface area contributed by atoms with Crippen LogP contribution in [0, 0.1) is 0 Å². The van der Waals surface area contributed by atoms with E-state index in [1.165, 1.54) is 0 Å². The minimum Gasteiger partial charge on any atom is -0.416 e. The van der Waals surface area contributed by atoms with E-state index in [0.717, 1.165) is 11.8 Å². The van der Waals surface area contributed by atoms with Gasteiger partial charge in [0.2, 0.25) is 0 Å². The number of hydrogen-bond donors (Lipinski definition) is 0. The molecule has 0 aliphatic heterocycles. The molecule has 0 unspecified atom stereocenters. The van der Waals surface area contributed by atoms with Crippen molar-refractivity contribution in [3.63, 3.8) is 0 Å². The molecule has 58 valence electrons. The molecule has 0 N–H and O–H groups in total. The van der Waals surface area contributed by atoms with Crippen molar-refractivity contribution in [3.05, 3.63) is 25.3 Å². The monoisotopic (exact) mass is 220 g/mol. The van der Waals surface area contributed by atoms with Crippen LogP contribution in [0.1, 0.15) is 6.42 Å². The lowest BCUT2D eigenvalue weighted by Gasteiger charge is -2.24. The third-order valence-corrected chi connectivity index (χ3v) is 2.71. The molecule has 0 amide bonds. The molecule has 0 aromatic rings. The highest BCUT2D eigenvalue weighted by Crippen LogP contribution is 2.18. The van der Waals surface area contributed by atoms with Gasteiger partial charge in [0.25, 0.3) is 0 Å². The Bertz CT molecular complexity index is 117. The molecule has 0 fully saturated rings. The Morgan fingerprint density at radius 1 is 1.50 bits per heavy atom. The summed E-state index contributed by atoms with van der Waals surface area (Å²) < 4.78 is 5.35. The molecule has 10 heavy (non-hydrogen) atoms. The molecule has 0 heterocycles. The van der Waals surface area contributed by atoms with E-state index in [0.29, 0.717) is 10.5 Å². The summed E-state index contributed by atoms with van der Waals surface area (Å²) in [5.41, 5.74) is -0.282. The van der Waals surface area contributed by atoms with Gasteiger partial charge in [0.1, 0.15) is 10.5 Å². The lowest BCUT2D eigenvalue weighted by Crippen LogP contribution is -2.26. The van der Waals surface area contributed by atoms with Gasteiger partial charge in [0, 0.05) is 5.33 Å². The zero-order valence-corrected chi connectivity index (χ0v) is 9.86. The van der Waals surface area contributed by atoms with E-state index in [9.17, 15) is 0 Å². The molecule has 0 spiro atoms. The van der Waals surface area contributed by atoms with E-state index in [1.807, 2.05) is 0 Å². The van der Waals surface area contributed by atoms with Crippen LogP contribution in [0.3, 0.4) is 0 Å². The summed E-state index contributed by atoms with van der Waals surface area (Å²) in [7, 11) is 0.716. The minimum atomic E-state index is -0.282. The molecule has 0 atom stereocenters. The zero-order valence-electron chi connectivity index (χ0n) is 6.27. The van der Waals surface area contributed by atoms with Crippen LogP contribution in [0.15, 0.2) is 25.3 Å². The van der Waals surface area contributed by atoms with Gasteiger partial charge in [-0.05, 0) is 6.42 Å². The normalized spacial score (nSPS) is 11.3. The van der Waals surface area contributed by atoms with E-state index in [1.54, 1.807) is 12.2 Å². The number of alkyl halides is 1. The lowest BCUT2D eigenvalue weighted by atomic mass is 10.0. The van der Waals surface area contributed by atoms with E-state index in [4.69, 9.17) is 4.43 Å². The average molecular weight is 221 g/mol. The molecule has 0 aromatic carbocycles. The predicted octanol–water partition coefficient (Wildman–Crippen LogP) is 1.18. The zero-order chi connectivity index (χ0) is 8.04. The van der Waals surface area contributed by atoms with Gasteiger partial charge in [-0.1, -0.05) is 41.2 Å². The van der Waals surface area contributed by atoms with Crippen molar-refractivity contribution in [2.24, 2.45) is 0 Å². The number of rotatable bonds is 5. The summed E-state index contributed by atoms with van der Waals surface area (Å²) in [4.78, 5) is 0. The Labute approximate surface area is 73.8 Å². The first-order valence-electron chi connectivity index (χ1n) is 3.13. The Morgan fingerprint density at radius 2 is 2.00 bits per heavy atom. The molecule has 0 aliphatic rings. The number of halogens is 1. The standard InChI is InChI=1S/C7H13BrOSi/c1-3-7(4-2,9-10)5-6-8/h3-4H,1-2,5-6H2,10H3. The fourth-order valence-electron chi connectivity index (χ4n) is 0.704. The molecule has 3 heteroatoms. The highest BCUT2D eigenvalue weighted by molar-refractivity contribution is 9.09. The van der Waals surface area contributed by atoms with Gasteiger partial charge in [-0.2, -0.15) is 0 Å². The van der Waals surface area contributed by atoms with Gasteiger partial charge in [0.15, 0.2) is 0 Å². The summed E-state index contributed by atoms with van der Waals surface area (Å²) in [6.07, 6.45) is 4.51. The van der Waals surface area contributed by atoms with Crippen molar-refractivity contribution in [1.82, 2.24) is 0 Å². The Kier molecular flexibility index (Phi) is 4.94. The van der Waals surface area contributed by atoms with Crippen molar-refractivity contribution < 1.29 is 4.43 Å². The molecule has 0 saturated carbocycles. The second-order valence-corrected chi connectivity index (χ2v) is 3.21. The van der Waals surface area contributed by atoms with Gasteiger partial charge in [-0.15, -0.1) is 0 Å². The van der Waals surface area contributed by atoms with Crippen molar-refractivity contribution in [3.8, 4) is 0 Å². The van der Waals surface area contributed by atoms with Crippen LogP contribution in [0.25, 0.3) is 0 Å². The molecule has 0 aliphatic carbocycles. The first kappa shape index (κ1) is 10.1. The van der Waals surface area contributed by atoms with E-state index < -0.39 is 0 Å². The van der Waals surface area contributed by atoms with E-state index in [2.05, 4.69) is 29.1 Å². The summed E-state index contributed by atoms with van der Waals surface area (Å²) in [6, 6.07) is 0. The predicted molar refractivity (Wildman–Crippen MR) is 52.6 cm³/mol. The highest BCUT2D eigenvalue weighted by Gasteiger charge is 2.18. The second-order valence-electron chi connectivity index (χ2n) is 2.01. The fraction of sp³-hybridized carbons (Fsp3) is 0.429. The maximum absolute atomic E-state index is 5.35. The number of hydrogen-bond acceptors (Lipinski definition) is 1. The topological polar surface area (TPSA) is 9.23 Å². The molecular weight excluding hydrogens is 208 g/mol. The van der Waals surface area contributed by atoms with Crippen LogP contribution < -0.4 is 0 Å². The van der Waals surface area contributed by atoms with Gasteiger partial charge < -0.3 is 4.43 Å². The summed E-state index contributed by atoms with van der Waals surface area (Å²) in [6.45, 7) is 7.40. The Morgan fingerprint density at radius 3 is 2.10 bits per heavy atom. The molecule has 0 bridgehead atoms. The molecule has 0 aromatic heterocycles. The van der Waals surface area contributed by atoms with Crippen molar-refractivity contribution in [1.29, 1.82) is 0 Å². The van der Waals surface area contributed by atoms with Gasteiger partial charge >= 0.3 is 0 Å². The van der Waals surface area contributed by atoms with E-state index in [-0.39, 0.29) is 5.60 Å². The summed E-state index contributed by atoms with van der Waals surface area (Å²) >= 11 is 3.35. The second kappa shape index (κ2) is 4.88. The first-order chi connectivity index (χ1) is 4.74. The Balaban J connectivity index is 4.14. The lowest BCUT2D eigenvalue weighted by molar-refractivity contribution is 0.187. The fourth-order valence-corrected chi connectivity index (χ4v) is 1.86. The van der Waals surface area contributed by atoms with Crippen molar-refractivity contribution in [2.45, 2.75) is 12.0 Å². The molecule has 0 rings (SSSR count). The molecular formula is C7H13BrOSi. The van der Waals surface area contributed by atoms with Gasteiger partial charge in [-0.3, -0.25) is 0 Å². The summed E-state index contributed by atoms with van der Waals surface area (Å²) in [5.74, 6) is 0. The minimum absolute atomic E-state index is 0.282. The van der Waals surface area contributed by atoms with E-state index >= 15 is 0 Å². The largest absolute Gasteiger partial charge is 0.416 e. The highest BCUT2D eigenvalue weighted by atomic mass is 79.9. The van der Waals surface area contributed by atoms with Crippen LogP contribution in [-0.4, -0.2) is 21.4 Å². The van der Waals surface area contributed by atoms with Crippen molar-refractivity contribution >= 4 is 26.4 Å². The smallest absolute Gasteiger partial charge is 0.147 e. The average Bonchev–Trinajstić information content (AvgIpc) is 2.01. The Hall–Kier alpha value is 0.137. The molecule has 0 saturated heterocycles.